The number of hydrogen-bond donors (Lipinski definition) is 1. The molecule has 0 aliphatic heterocycles. The summed E-state index contributed by atoms with van der Waals surface area (Å²) in [5, 5.41) is 3.53. The van der Waals surface area contributed by atoms with E-state index in [1.165, 1.54) is 0 Å². The molecule has 1 N–H and O–H groups in total. The summed E-state index contributed by atoms with van der Waals surface area (Å²) < 4.78 is 2.18. The lowest BCUT2D eigenvalue weighted by Crippen LogP contribution is -2.38. The van der Waals surface area contributed by atoms with E-state index in [-0.39, 0.29) is 0 Å². The SMILES string of the molecule is CCC(C(C)NC(C)C)n1ccnc1. The lowest BCUT2D eigenvalue weighted by atomic mass is 10.1. The van der Waals surface area contributed by atoms with Gasteiger partial charge in [-0.2, -0.15) is 0 Å². The number of imidazole rings is 1. The average molecular weight is 195 g/mol. The molecule has 1 aromatic rings. The minimum atomic E-state index is 0.481. The van der Waals surface area contributed by atoms with Gasteiger partial charge in [-0.25, -0.2) is 4.98 Å². The van der Waals surface area contributed by atoms with Crippen molar-refractivity contribution in [1.82, 2.24) is 14.9 Å². The second kappa shape index (κ2) is 5.15. The zero-order valence-electron chi connectivity index (χ0n) is 9.57. The fourth-order valence-corrected chi connectivity index (χ4v) is 1.93. The molecule has 0 aromatic carbocycles. The molecule has 80 valence electrons. The van der Waals surface area contributed by atoms with Gasteiger partial charge < -0.3 is 9.88 Å². The zero-order chi connectivity index (χ0) is 10.6. The van der Waals surface area contributed by atoms with Crippen LogP contribution in [0, 0.1) is 0 Å². The highest BCUT2D eigenvalue weighted by Gasteiger charge is 2.16. The minimum absolute atomic E-state index is 0.481. The van der Waals surface area contributed by atoms with Crippen LogP contribution in [-0.4, -0.2) is 21.6 Å². The number of aromatic nitrogens is 2. The average Bonchev–Trinajstić information content (AvgIpc) is 2.57. The van der Waals surface area contributed by atoms with Gasteiger partial charge in [-0.3, -0.25) is 0 Å². The molecule has 2 atom stereocenters. The van der Waals surface area contributed by atoms with Crippen molar-refractivity contribution in [2.75, 3.05) is 0 Å². The lowest BCUT2D eigenvalue weighted by Gasteiger charge is -2.26. The normalized spacial score (nSPS) is 15.8. The van der Waals surface area contributed by atoms with E-state index in [9.17, 15) is 0 Å². The third-order valence-corrected chi connectivity index (χ3v) is 2.50. The third kappa shape index (κ3) is 2.84. The maximum absolute atomic E-state index is 4.09. The van der Waals surface area contributed by atoms with E-state index < -0.39 is 0 Å². The molecule has 0 aliphatic carbocycles. The molecule has 1 heterocycles. The van der Waals surface area contributed by atoms with Gasteiger partial charge in [-0.15, -0.1) is 0 Å². The molecule has 2 unspecified atom stereocenters. The summed E-state index contributed by atoms with van der Waals surface area (Å²) in [4.78, 5) is 4.09. The fourth-order valence-electron chi connectivity index (χ4n) is 1.93. The predicted molar refractivity (Wildman–Crippen MR) is 59.3 cm³/mol. The molecule has 3 heteroatoms. The molecule has 0 bridgehead atoms. The fraction of sp³-hybridized carbons (Fsp3) is 0.727. The van der Waals surface area contributed by atoms with Crippen LogP contribution in [0.1, 0.15) is 40.2 Å². The summed E-state index contributed by atoms with van der Waals surface area (Å²) in [7, 11) is 0. The van der Waals surface area contributed by atoms with Crippen molar-refractivity contribution in [3.05, 3.63) is 18.7 Å². The highest BCUT2D eigenvalue weighted by Crippen LogP contribution is 2.15. The van der Waals surface area contributed by atoms with Gasteiger partial charge >= 0.3 is 0 Å². The van der Waals surface area contributed by atoms with Crippen LogP contribution in [0.25, 0.3) is 0 Å². The Morgan fingerprint density at radius 2 is 2.07 bits per heavy atom. The van der Waals surface area contributed by atoms with E-state index >= 15 is 0 Å². The Labute approximate surface area is 86.5 Å². The van der Waals surface area contributed by atoms with Gasteiger partial charge in [0.15, 0.2) is 0 Å². The smallest absolute Gasteiger partial charge is 0.0949 e. The summed E-state index contributed by atoms with van der Waals surface area (Å²) in [5.74, 6) is 0. The van der Waals surface area contributed by atoms with E-state index in [4.69, 9.17) is 0 Å². The van der Waals surface area contributed by atoms with Crippen molar-refractivity contribution >= 4 is 0 Å². The summed E-state index contributed by atoms with van der Waals surface area (Å²) in [6, 6.07) is 1.51. The van der Waals surface area contributed by atoms with Gasteiger partial charge in [-0.1, -0.05) is 20.8 Å². The first-order valence-electron chi connectivity index (χ1n) is 5.38. The molecule has 1 aromatic heterocycles. The molecular formula is C11H21N3. The van der Waals surface area contributed by atoms with Crippen molar-refractivity contribution in [2.24, 2.45) is 0 Å². The van der Waals surface area contributed by atoms with Crippen LogP contribution < -0.4 is 5.32 Å². The van der Waals surface area contributed by atoms with Crippen molar-refractivity contribution in [1.29, 1.82) is 0 Å². The van der Waals surface area contributed by atoms with Crippen LogP contribution in [0.3, 0.4) is 0 Å². The predicted octanol–water partition coefficient (Wildman–Crippen LogP) is 2.22. The quantitative estimate of drug-likeness (QED) is 0.780. The molecule has 0 saturated heterocycles. The summed E-state index contributed by atoms with van der Waals surface area (Å²) in [6.07, 6.45) is 6.89. The first-order chi connectivity index (χ1) is 6.65. The Balaban J connectivity index is 2.62. The molecule has 0 aliphatic rings. The number of hydrogen-bond acceptors (Lipinski definition) is 2. The minimum Gasteiger partial charge on any atom is -0.333 e. The second-order valence-electron chi connectivity index (χ2n) is 4.10. The standard InChI is InChI=1S/C11H21N3/c1-5-11(10(4)13-9(2)3)14-7-6-12-8-14/h6-11,13H,5H2,1-4H3. The van der Waals surface area contributed by atoms with E-state index in [1.807, 2.05) is 18.7 Å². The Hall–Kier alpha value is -0.830. The molecule has 0 fully saturated rings. The van der Waals surface area contributed by atoms with Crippen molar-refractivity contribution < 1.29 is 0 Å². The number of nitrogens with one attached hydrogen (secondary N) is 1. The number of rotatable bonds is 5. The van der Waals surface area contributed by atoms with Crippen LogP contribution in [0.4, 0.5) is 0 Å². The van der Waals surface area contributed by atoms with Gasteiger partial charge in [0.2, 0.25) is 0 Å². The van der Waals surface area contributed by atoms with E-state index in [0.717, 1.165) is 6.42 Å². The monoisotopic (exact) mass is 195 g/mol. The van der Waals surface area contributed by atoms with Crippen LogP contribution >= 0.6 is 0 Å². The Kier molecular flexibility index (Phi) is 4.14. The van der Waals surface area contributed by atoms with Crippen molar-refractivity contribution in [3.8, 4) is 0 Å². The zero-order valence-corrected chi connectivity index (χ0v) is 9.57. The van der Waals surface area contributed by atoms with Crippen LogP contribution in [-0.2, 0) is 0 Å². The molecule has 0 spiro atoms. The Morgan fingerprint density at radius 3 is 2.50 bits per heavy atom. The maximum atomic E-state index is 4.09. The third-order valence-electron chi connectivity index (χ3n) is 2.50. The molecule has 1 rings (SSSR count). The molecule has 3 nitrogen and oxygen atoms in total. The van der Waals surface area contributed by atoms with Crippen molar-refractivity contribution in [2.45, 2.75) is 52.2 Å². The molecule has 0 saturated carbocycles. The van der Waals surface area contributed by atoms with Gasteiger partial charge in [0.05, 0.1) is 6.33 Å². The largest absolute Gasteiger partial charge is 0.333 e. The van der Waals surface area contributed by atoms with Crippen LogP contribution in [0.15, 0.2) is 18.7 Å². The Bertz CT molecular complexity index is 241. The van der Waals surface area contributed by atoms with Gasteiger partial charge in [-0.05, 0) is 13.3 Å². The highest BCUT2D eigenvalue weighted by molar-refractivity contribution is 4.85. The first-order valence-corrected chi connectivity index (χ1v) is 5.38. The van der Waals surface area contributed by atoms with Gasteiger partial charge in [0.1, 0.15) is 0 Å². The van der Waals surface area contributed by atoms with Crippen LogP contribution in [0.5, 0.6) is 0 Å². The lowest BCUT2D eigenvalue weighted by molar-refractivity contribution is 0.338. The maximum Gasteiger partial charge on any atom is 0.0949 e. The molecule has 0 amide bonds. The van der Waals surface area contributed by atoms with Crippen LogP contribution in [0.2, 0.25) is 0 Å². The molecule has 0 radical (unpaired) electrons. The van der Waals surface area contributed by atoms with E-state index in [1.54, 1.807) is 0 Å². The first kappa shape index (κ1) is 11.2. The Morgan fingerprint density at radius 1 is 1.36 bits per heavy atom. The van der Waals surface area contributed by atoms with Gasteiger partial charge in [0, 0.05) is 30.5 Å². The molecular weight excluding hydrogens is 174 g/mol. The van der Waals surface area contributed by atoms with Crippen molar-refractivity contribution in [3.63, 3.8) is 0 Å². The van der Waals surface area contributed by atoms with E-state index in [2.05, 4.69) is 42.6 Å². The summed E-state index contributed by atoms with van der Waals surface area (Å²) >= 11 is 0. The highest BCUT2D eigenvalue weighted by atomic mass is 15.1. The topological polar surface area (TPSA) is 29.9 Å². The van der Waals surface area contributed by atoms with Gasteiger partial charge in [0.25, 0.3) is 0 Å². The molecule has 14 heavy (non-hydrogen) atoms. The second-order valence-corrected chi connectivity index (χ2v) is 4.10. The number of nitrogens with zero attached hydrogens (tertiary/aromatic N) is 2. The summed E-state index contributed by atoms with van der Waals surface area (Å²) in [5.41, 5.74) is 0. The summed E-state index contributed by atoms with van der Waals surface area (Å²) in [6.45, 7) is 8.80. The van der Waals surface area contributed by atoms with E-state index in [0.29, 0.717) is 18.1 Å².